The summed E-state index contributed by atoms with van der Waals surface area (Å²) in [5, 5.41) is 6.00. The van der Waals surface area contributed by atoms with Gasteiger partial charge < -0.3 is 26.2 Å². The summed E-state index contributed by atoms with van der Waals surface area (Å²) in [6.07, 6.45) is 1.70. The Morgan fingerprint density at radius 3 is 2.30 bits per heavy atom. The van der Waals surface area contributed by atoms with Crippen LogP contribution in [0.1, 0.15) is 22.8 Å². The van der Waals surface area contributed by atoms with Crippen molar-refractivity contribution in [3.05, 3.63) is 95.9 Å². The second-order valence-corrected chi connectivity index (χ2v) is 9.45. The number of carbonyl (C=O) groups excluding carboxylic acids is 2. The molecular formula is C30H30FN7O2. The van der Waals surface area contributed by atoms with E-state index in [0.29, 0.717) is 37.7 Å². The maximum atomic E-state index is 14.1. The Hall–Kier alpha value is -4.83. The molecule has 0 radical (unpaired) electrons. The van der Waals surface area contributed by atoms with Gasteiger partial charge in [0.15, 0.2) is 0 Å². The largest absolute Gasteiger partial charge is 0.368 e. The van der Waals surface area contributed by atoms with E-state index in [1.54, 1.807) is 23.2 Å². The van der Waals surface area contributed by atoms with Crippen molar-refractivity contribution >= 4 is 34.8 Å². The highest BCUT2D eigenvalue weighted by Gasteiger charge is 2.24. The monoisotopic (exact) mass is 539 g/mol. The fourth-order valence-corrected chi connectivity index (χ4v) is 4.70. The molecule has 0 saturated carbocycles. The van der Waals surface area contributed by atoms with Gasteiger partial charge in [0.25, 0.3) is 5.91 Å². The highest BCUT2D eigenvalue weighted by molar-refractivity contribution is 5.96. The number of nitrogens with zero attached hydrogens (tertiary/aromatic N) is 4. The van der Waals surface area contributed by atoms with E-state index in [4.69, 9.17) is 5.73 Å². The van der Waals surface area contributed by atoms with Crippen LogP contribution >= 0.6 is 0 Å². The van der Waals surface area contributed by atoms with Gasteiger partial charge in [-0.05, 0) is 54.6 Å². The molecule has 5 rings (SSSR count). The number of rotatable bonds is 7. The molecule has 0 unspecified atom stereocenters. The predicted molar refractivity (Wildman–Crippen MR) is 154 cm³/mol. The van der Waals surface area contributed by atoms with Crippen LogP contribution in [-0.2, 0) is 11.3 Å². The lowest BCUT2D eigenvalue weighted by atomic mass is 10.1. The number of aromatic nitrogens is 2. The first-order valence-electron chi connectivity index (χ1n) is 13.0. The van der Waals surface area contributed by atoms with Gasteiger partial charge in [0.05, 0.1) is 5.69 Å². The molecule has 1 aromatic heterocycles. The normalized spacial score (nSPS) is 13.2. The molecule has 1 aliphatic heterocycles. The van der Waals surface area contributed by atoms with Crippen LogP contribution in [0.3, 0.4) is 0 Å². The molecule has 2 heterocycles. The third-order valence-corrected chi connectivity index (χ3v) is 6.77. The third-order valence-electron chi connectivity index (χ3n) is 6.77. The Kier molecular flexibility index (Phi) is 7.97. The van der Waals surface area contributed by atoms with Crippen molar-refractivity contribution in [2.24, 2.45) is 5.73 Å². The zero-order chi connectivity index (χ0) is 28.1. The van der Waals surface area contributed by atoms with Crippen LogP contribution < -0.4 is 21.3 Å². The van der Waals surface area contributed by atoms with Crippen LogP contribution in [0.5, 0.6) is 0 Å². The average molecular weight is 540 g/mol. The van der Waals surface area contributed by atoms with Gasteiger partial charge in [0.2, 0.25) is 11.9 Å². The van der Waals surface area contributed by atoms with Gasteiger partial charge >= 0.3 is 0 Å². The molecule has 2 amide bonds. The summed E-state index contributed by atoms with van der Waals surface area (Å²) in [6.45, 7) is 3.85. The summed E-state index contributed by atoms with van der Waals surface area (Å²) in [7, 11) is 0. The van der Waals surface area contributed by atoms with Gasteiger partial charge in [0.1, 0.15) is 5.82 Å². The molecule has 4 aromatic rings. The Bertz CT molecular complexity index is 1500. The number of hydrogen-bond donors (Lipinski definition) is 3. The summed E-state index contributed by atoms with van der Waals surface area (Å²) in [4.78, 5) is 37.2. The maximum absolute atomic E-state index is 14.1. The fraction of sp³-hybridized carbons (Fsp3) is 0.200. The van der Waals surface area contributed by atoms with Gasteiger partial charge in [-0.1, -0.05) is 18.2 Å². The van der Waals surface area contributed by atoms with Crippen molar-refractivity contribution in [2.45, 2.75) is 13.5 Å². The molecule has 10 heteroatoms. The zero-order valence-electron chi connectivity index (χ0n) is 22.1. The van der Waals surface area contributed by atoms with Gasteiger partial charge in [-0.15, -0.1) is 0 Å². The molecule has 0 aliphatic carbocycles. The highest BCUT2D eigenvalue weighted by Crippen LogP contribution is 2.24. The predicted octanol–water partition coefficient (Wildman–Crippen LogP) is 4.41. The summed E-state index contributed by atoms with van der Waals surface area (Å²) >= 11 is 0. The SMILES string of the molecule is CC(=O)Nc1ccc(-c2ccnc(Nc3ccc(N4CCN(C(=O)c5cccc(F)c5CN)CC4)cc3)n2)cc1. The minimum absolute atomic E-state index is 0.0174. The van der Waals surface area contributed by atoms with E-state index in [1.807, 2.05) is 54.6 Å². The lowest BCUT2D eigenvalue weighted by Crippen LogP contribution is -2.49. The van der Waals surface area contributed by atoms with Gasteiger partial charge in [0, 0.05) is 79.6 Å². The molecule has 9 nitrogen and oxygen atoms in total. The quantitative estimate of drug-likeness (QED) is 0.319. The Balaban J connectivity index is 1.19. The minimum Gasteiger partial charge on any atom is -0.368 e. The molecular weight excluding hydrogens is 509 g/mol. The zero-order valence-corrected chi connectivity index (χ0v) is 22.1. The number of halogens is 1. The molecule has 1 fully saturated rings. The van der Waals surface area contributed by atoms with Crippen LogP contribution in [0.2, 0.25) is 0 Å². The van der Waals surface area contributed by atoms with Crippen molar-refractivity contribution in [1.82, 2.24) is 14.9 Å². The lowest BCUT2D eigenvalue weighted by molar-refractivity contribution is -0.114. The number of anilines is 4. The molecule has 3 aromatic carbocycles. The van der Waals surface area contributed by atoms with Gasteiger partial charge in [-0.25, -0.2) is 14.4 Å². The number of nitrogens with one attached hydrogen (secondary N) is 2. The molecule has 0 atom stereocenters. The first-order valence-corrected chi connectivity index (χ1v) is 13.0. The molecule has 0 spiro atoms. The van der Waals surface area contributed by atoms with Crippen molar-refractivity contribution in [3.63, 3.8) is 0 Å². The number of hydrogen-bond acceptors (Lipinski definition) is 7. The number of piperazine rings is 1. The fourth-order valence-electron chi connectivity index (χ4n) is 4.70. The molecule has 0 bridgehead atoms. The van der Waals surface area contributed by atoms with Crippen molar-refractivity contribution in [1.29, 1.82) is 0 Å². The Labute approximate surface area is 231 Å². The number of nitrogens with two attached hydrogens (primary N) is 1. The lowest BCUT2D eigenvalue weighted by Gasteiger charge is -2.36. The number of amides is 2. The van der Waals surface area contributed by atoms with Crippen LogP contribution in [0.15, 0.2) is 79.0 Å². The molecule has 1 saturated heterocycles. The number of benzene rings is 3. The van der Waals surface area contributed by atoms with E-state index in [0.717, 1.165) is 28.3 Å². The van der Waals surface area contributed by atoms with Crippen LogP contribution in [0.25, 0.3) is 11.3 Å². The highest BCUT2D eigenvalue weighted by atomic mass is 19.1. The van der Waals surface area contributed by atoms with Gasteiger partial charge in [-0.2, -0.15) is 0 Å². The summed E-state index contributed by atoms with van der Waals surface area (Å²) in [5.41, 5.74) is 10.6. The van der Waals surface area contributed by atoms with Crippen molar-refractivity contribution in [3.8, 4) is 11.3 Å². The standard InChI is InChI=1S/C30H30FN7O2/c1-20(39)34-22-7-5-21(6-8-22)28-13-14-33-30(36-28)35-23-9-11-24(12-10-23)37-15-17-38(18-16-37)29(40)25-3-2-4-27(31)26(25)19-32/h2-14H,15-19,32H2,1H3,(H,34,39)(H,33,35,36). The van der Waals surface area contributed by atoms with E-state index in [9.17, 15) is 14.0 Å². The average Bonchev–Trinajstić information content (AvgIpc) is 2.97. The van der Waals surface area contributed by atoms with E-state index in [-0.39, 0.29) is 23.9 Å². The first kappa shape index (κ1) is 26.8. The molecule has 204 valence electrons. The smallest absolute Gasteiger partial charge is 0.254 e. The third kappa shape index (κ3) is 6.08. The second kappa shape index (κ2) is 11.9. The van der Waals surface area contributed by atoms with E-state index < -0.39 is 5.82 Å². The Morgan fingerprint density at radius 2 is 1.62 bits per heavy atom. The van der Waals surface area contributed by atoms with E-state index >= 15 is 0 Å². The summed E-state index contributed by atoms with van der Waals surface area (Å²) in [6, 6.07) is 21.8. The molecule has 4 N–H and O–H groups in total. The summed E-state index contributed by atoms with van der Waals surface area (Å²) < 4.78 is 14.1. The first-order chi connectivity index (χ1) is 19.4. The van der Waals surface area contributed by atoms with Crippen LogP contribution in [0.4, 0.5) is 27.4 Å². The minimum atomic E-state index is -0.449. The Morgan fingerprint density at radius 1 is 0.925 bits per heavy atom. The van der Waals surface area contributed by atoms with E-state index in [1.165, 1.54) is 13.0 Å². The number of carbonyl (C=O) groups is 2. The van der Waals surface area contributed by atoms with Crippen molar-refractivity contribution in [2.75, 3.05) is 41.7 Å². The van der Waals surface area contributed by atoms with E-state index in [2.05, 4.69) is 25.5 Å². The van der Waals surface area contributed by atoms with Gasteiger partial charge in [-0.3, -0.25) is 9.59 Å². The summed E-state index contributed by atoms with van der Waals surface area (Å²) in [5.74, 6) is -0.287. The van der Waals surface area contributed by atoms with Crippen LogP contribution in [-0.4, -0.2) is 52.9 Å². The molecule has 1 aliphatic rings. The topological polar surface area (TPSA) is 116 Å². The van der Waals surface area contributed by atoms with Crippen LogP contribution in [0, 0.1) is 5.82 Å². The van der Waals surface area contributed by atoms with Crippen molar-refractivity contribution < 1.29 is 14.0 Å². The second-order valence-electron chi connectivity index (χ2n) is 9.45. The molecule has 40 heavy (non-hydrogen) atoms. The maximum Gasteiger partial charge on any atom is 0.254 e.